The summed E-state index contributed by atoms with van der Waals surface area (Å²) in [6.45, 7) is 1.90. The van der Waals surface area contributed by atoms with Crippen molar-refractivity contribution in [2.45, 2.75) is 6.42 Å². The molecule has 3 aliphatic rings. The zero-order valence-corrected chi connectivity index (χ0v) is 20.2. The molecule has 0 amide bonds. The van der Waals surface area contributed by atoms with E-state index >= 15 is 0 Å². The van der Waals surface area contributed by atoms with E-state index < -0.39 is 38.7 Å². The number of carbonyl (C=O) groups is 1. The van der Waals surface area contributed by atoms with Crippen LogP contribution in [0.25, 0.3) is 3.58 Å². The van der Waals surface area contributed by atoms with E-state index in [1.165, 1.54) is 12.7 Å². The van der Waals surface area contributed by atoms with E-state index in [2.05, 4.69) is 32.1 Å². The van der Waals surface area contributed by atoms with Gasteiger partial charge in [0, 0.05) is 0 Å². The van der Waals surface area contributed by atoms with Crippen molar-refractivity contribution in [3.05, 3.63) is 63.3 Å². The molecule has 0 spiro atoms. The van der Waals surface area contributed by atoms with Gasteiger partial charge in [0.2, 0.25) is 0 Å². The molecular formula is C22H23I2NO3. The summed E-state index contributed by atoms with van der Waals surface area (Å²) in [6.07, 6.45) is 9.58. The van der Waals surface area contributed by atoms with Crippen LogP contribution in [0.15, 0.2) is 57.7 Å². The Bertz CT molecular complexity index is 1040. The Morgan fingerprint density at radius 1 is 1.18 bits per heavy atom. The Kier molecular flexibility index (Phi) is 5.80. The SMILES string of the molecule is C=I12C=C(C3=CCCNC3)C=CC1=IC(c1ccc(OC)c(OC)c1)=CC2=O. The van der Waals surface area contributed by atoms with Crippen LogP contribution in [-0.2, 0) is 4.79 Å². The summed E-state index contributed by atoms with van der Waals surface area (Å²) in [5.41, 5.74) is 3.54. The quantitative estimate of drug-likeness (QED) is 0.406. The third kappa shape index (κ3) is 3.61. The molecule has 0 fully saturated rings. The topological polar surface area (TPSA) is 47.6 Å². The van der Waals surface area contributed by atoms with Crippen LogP contribution in [0.4, 0.5) is 0 Å². The van der Waals surface area contributed by atoms with E-state index in [0.29, 0.717) is 11.5 Å². The Hall–Kier alpha value is -1.39. The first-order valence-electron chi connectivity index (χ1n) is 8.94. The van der Waals surface area contributed by atoms with Crippen molar-refractivity contribution in [2.24, 2.45) is 0 Å². The molecule has 0 aliphatic carbocycles. The van der Waals surface area contributed by atoms with Crippen molar-refractivity contribution in [1.29, 1.82) is 0 Å². The van der Waals surface area contributed by atoms with E-state index in [1.807, 2.05) is 24.3 Å². The number of ether oxygens (including phenoxy) is 2. The molecule has 148 valence electrons. The van der Waals surface area contributed by atoms with Gasteiger partial charge in [-0.05, 0) is 0 Å². The molecule has 6 heteroatoms. The maximum atomic E-state index is 13.2. The summed E-state index contributed by atoms with van der Waals surface area (Å²) < 4.78 is 20.2. The standard InChI is InChI=1S/C22H23I2NO3/c1-24-13-16(17-5-4-10-25-14-17)7-9-21(24)23-18(12-22(24)26)15-6-8-19(27-2)20(11-15)28-3/h5-9,11-13,25H,1,4,10,14H2,2-3H3. The molecule has 1 unspecified atom stereocenters. The number of hydrogen-bond acceptors (Lipinski definition) is 4. The molecule has 1 N–H and O–H groups in total. The van der Waals surface area contributed by atoms with E-state index in [-0.39, 0.29) is 3.79 Å². The number of carbonyl (C=O) groups excluding carboxylic acids is 1. The molecular weight excluding hydrogens is 580 g/mol. The number of nitrogens with one attached hydrogen (secondary N) is 1. The maximum absolute atomic E-state index is 13.2. The van der Waals surface area contributed by atoms with Gasteiger partial charge in [0.25, 0.3) is 0 Å². The van der Waals surface area contributed by atoms with Crippen LogP contribution in [0.2, 0.25) is 0 Å². The van der Waals surface area contributed by atoms with Gasteiger partial charge in [-0.1, -0.05) is 0 Å². The average Bonchev–Trinajstić information content (AvgIpc) is 2.74. The molecule has 0 bridgehead atoms. The number of fused-ring (bicyclic) bond motifs is 1. The van der Waals surface area contributed by atoms with Crippen LogP contribution in [0.5, 0.6) is 11.5 Å². The fourth-order valence-corrected chi connectivity index (χ4v) is 16.8. The molecule has 0 saturated carbocycles. The van der Waals surface area contributed by atoms with Crippen molar-refractivity contribution in [3.63, 3.8) is 0 Å². The zero-order chi connectivity index (χ0) is 19.7. The van der Waals surface area contributed by atoms with E-state index in [9.17, 15) is 4.79 Å². The molecule has 0 aromatic heterocycles. The summed E-state index contributed by atoms with van der Waals surface area (Å²) in [4.78, 5) is 13.2. The van der Waals surface area contributed by atoms with Crippen LogP contribution >= 0.6 is 38.7 Å². The fraction of sp³-hybridized carbons (Fsp3) is 0.227. The Balaban J connectivity index is 1.70. The molecule has 1 atom stereocenters. The van der Waals surface area contributed by atoms with Crippen LogP contribution in [0, 0.1) is 0 Å². The third-order valence-electron chi connectivity index (χ3n) is 4.84. The Labute approximate surface area is 179 Å². The van der Waals surface area contributed by atoms with E-state index in [0.717, 1.165) is 28.7 Å². The van der Waals surface area contributed by atoms with Crippen LogP contribution in [0.1, 0.15) is 12.0 Å². The van der Waals surface area contributed by atoms with Gasteiger partial charge in [0.05, 0.1) is 0 Å². The zero-order valence-electron chi connectivity index (χ0n) is 15.9. The minimum absolute atomic E-state index is 0.226. The fourth-order valence-electron chi connectivity index (χ4n) is 3.28. The second-order valence-corrected chi connectivity index (χ2v) is 18.5. The number of methoxy groups -OCH3 is 2. The molecule has 0 radical (unpaired) electrons. The molecule has 3 aliphatic heterocycles. The molecule has 28 heavy (non-hydrogen) atoms. The Morgan fingerprint density at radius 3 is 2.71 bits per heavy atom. The predicted molar refractivity (Wildman–Crippen MR) is 135 cm³/mol. The molecule has 1 aromatic rings. The number of rotatable bonds is 4. The average molecular weight is 603 g/mol. The van der Waals surface area contributed by atoms with Gasteiger partial charge in [0.1, 0.15) is 0 Å². The first-order valence-corrected chi connectivity index (χ1v) is 16.0. The van der Waals surface area contributed by atoms with E-state index in [4.69, 9.17) is 9.47 Å². The second-order valence-electron chi connectivity index (χ2n) is 6.58. The normalized spacial score (nSPS) is 26.4. The molecule has 4 nitrogen and oxygen atoms in total. The summed E-state index contributed by atoms with van der Waals surface area (Å²) >= 11 is -3.43. The van der Waals surface area contributed by atoms with Crippen molar-refractivity contribution >= 4 is 52.1 Å². The van der Waals surface area contributed by atoms with Crippen LogP contribution in [-0.4, -0.2) is 37.1 Å². The Morgan fingerprint density at radius 2 is 2.00 bits per heavy atom. The second kappa shape index (κ2) is 8.16. The predicted octanol–water partition coefficient (Wildman–Crippen LogP) is 4.53. The number of benzene rings is 1. The van der Waals surface area contributed by atoms with Crippen molar-refractivity contribution < 1.29 is 14.3 Å². The molecule has 0 saturated heterocycles. The van der Waals surface area contributed by atoms with Crippen LogP contribution in [0.3, 0.4) is 0 Å². The van der Waals surface area contributed by atoms with Crippen molar-refractivity contribution in [1.82, 2.24) is 5.32 Å². The summed E-state index contributed by atoms with van der Waals surface area (Å²) in [5, 5.41) is 3.41. The molecule has 4 rings (SSSR count). The van der Waals surface area contributed by atoms with Gasteiger partial charge in [-0.15, -0.1) is 0 Å². The summed E-state index contributed by atoms with van der Waals surface area (Å²) in [6, 6.07) is 5.88. The summed E-state index contributed by atoms with van der Waals surface area (Å²) in [7, 11) is 3.26. The monoisotopic (exact) mass is 603 g/mol. The van der Waals surface area contributed by atoms with Gasteiger partial charge < -0.3 is 0 Å². The minimum atomic E-state index is -3.00. The van der Waals surface area contributed by atoms with E-state index in [1.54, 1.807) is 14.2 Å². The molecule has 3 heterocycles. The van der Waals surface area contributed by atoms with Gasteiger partial charge in [0.15, 0.2) is 0 Å². The van der Waals surface area contributed by atoms with Crippen LogP contribution < -0.4 is 14.8 Å². The first kappa shape index (κ1) is 19.9. The van der Waals surface area contributed by atoms with Crippen molar-refractivity contribution in [2.75, 3.05) is 27.3 Å². The first-order chi connectivity index (χ1) is 13.5. The number of hydrogen-bond donors (Lipinski definition) is 1. The van der Waals surface area contributed by atoms with Gasteiger partial charge in [-0.25, -0.2) is 0 Å². The third-order valence-corrected chi connectivity index (χ3v) is 19.6. The van der Waals surface area contributed by atoms with Gasteiger partial charge >= 0.3 is 180 Å². The molecule has 1 aromatic carbocycles. The van der Waals surface area contributed by atoms with Gasteiger partial charge in [-0.2, -0.15) is 0 Å². The van der Waals surface area contributed by atoms with Crippen molar-refractivity contribution in [3.8, 4) is 11.5 Å². The van der Waals surface area contributed by atoms with Gasteiger partial charge in [-0.3, -0.25) is 0 Å². The summed E-state index contributed by atoms with van der Waals surface area (Å²) in [5.74, 6) is 1.38. The number of allylic oxidation sites excluding steroid dienone is 3. The number of halogens is 2.